The van der Waals surface area contributed by atoms with Crippen molar-refractivity contribution in [2.75, 3.05) is 0 Å². The highest BCUT2D eigenvalue weighted by Crippen LogP contribution is 2.36. The van der Waals surface area contributed by atoms with Crippen molar-refractivity contribution < 1.29 is 4.79 Å². The van der Waals surface area contributed by atoms with Gasteiger partial charge in [-0.25, -0.2) is 0 Å². The molecule has 2 aromatic rings. The third kappa shape index (κ3) is 3.66. The maximum Gasteiger partial charge on any atom is 0.253 e. The SMILES string of the molecule is NC1CC(C(NC(=O)c2ccc(Cl)cc2Cl)c2ccccn2)C1. The number of benzene rings is 1. The summed E-state index contributed by atoms with van der Waals surface area (Å²) in [4.78, 5) is 17.0. The number of nitrogens with one attached hydrogen (secondary N) is 1. The highest BCUT2D eigenvalue weighted by atomic mass is 35.5. The minimum atomic E-state index is -0.234. The van der Waals surface area contributed by atoms with Crippen molar-refractivity contribution in [3.05, 3.63) is 63.9 Å². The van der Waals surface area contributed by atoms with Crippen molar-refractivity contribution >= 4 is 29.1 Å². The molecule has 4 nitrogen and oxygen atoms in total. The number of amides is 1. The molecule has 1 aromatic heterocycles. The summed E-state index contributed by atoms with van der Waals surface area (Å²) in [5, 5.41) is 3.88. The monoisotopic (exact) mass is 349 g/mol. The second-order valence-electron chi connectivity index (χ2n) is 5.82. The van der Waals surface area contributed by atoms with E-state index in [1.54, 1.807) is 24.4 Å². The van der Waals surface area contributed by atoms with E-state index in [0.29, 0.717) is 15.6 Å². The summed E-state index contributed by atoms with van der Waals surface area (Å²) >= 11 is 12.0. The molecule has 3 N–H and O–H groups in total. The Kier molecular flexibility index (Phi) is 4.85. The number of carbonyl (C=O) groups is 1. The first-order chi connectivity index (χ1) is 11.0. The highest BCUT2D eigenvalue weighted by Gasteiger charge is 2.35. The van der Waals surface area contributed by atoms with Gasteiger partial charge in [-0.1, -0.05) is 29.3 Å². The van der Waals surface area contributed by atoms with Crippen LogP contribution >= 0.6 is 23.2 Å². The molecule has 0 saturated heterocycles. The lowest BCUT2D eigenvalue weighted by Crippen LogP contribution is -2.45. The molecule has 1 unspecified atom stereocenters. The maximum atomic E-state index is 12.6. The van der Waals surface area contributed by atoms with Crippen LogP contribution in [0.25, 0.3) is 0 Å². The number of hydrogen-bond donors (Lipinski definition) is 2. The van der Waals surface area contributed by atoms with Gasteiger partial charge in [0.1, 0.15) is 0 Å². The quantitative estimate of drug-likeness (QED) is 0.885. The van der Waals surface area contributed by atoms with Gasteiger partial charge in [0.15, 0.2) is 0 Å². The van der Waals surface area contributed by atoms with Gasteiger partial charge in [-0.05, 0) is 49.1 Å². The molecule has 1 fully saturated rings. The van der Waals surface area contributed by atoms with Crippen molar-refractivity contribution in [2.24, 2.45) is 11.7 Å². The van der Waals surface area contributed by atoms with E-state index in [0.717, 1.165) is 18.5 Å². The minimum absolute atomic E-state index is 0.171. The lowest BCUT2D eigenvalue weighted by atomic mass is 9.75. The summed E-state index contributed by atoms with van der Waals surface area (Å²) in [5.74, 6) is 0.0534. The molecule has 1 saturated carbocycles. The molecular formula is C17H17Cl2N3O. The molecule has 0 spiro atoms. The van der Waals surface area contributed by atoms with Gasteiger partial charge in [-0.15, -0.1) is 0 Å². The second kappa shape index (κ2) is 6.87. The third-order valence-electron chi connectivity index (χ3n) is 4.15. The van der Waals surface area contributed by atoms with Crippen LogP contribution in [0.15, 0.2) is 42.6 Å². The lowest BCUT2D eigenvalue weighted by Gasteiger charge is -2.38. The van der Waals surface area contributed by atoms with E-state index < -0.39 is 0 Å². The number of nitrogens with zero attached hydrogens (tertiary/aromatic N) is 1. The molecule has 1 aliphatic carbocycles. The molecule has 23 heavy (non-hydrogen) atoms. The van der Waals surface area contributed by atoms with Crippen LogP contribution in [-0.2, 0) is 0 Å². The number of pyridine rings is 1. The number of hydrogen-bond acceptors (Lipinski definition) is 3. The van der Waals surface area contributed by atoms with Gasteiger partial charge in [-0.3, -0.25) is 9.78 Å². The van der Waals surface area contributed by atoms with E-state index in [4.69, 9.17) is 28.9 Å². The molecule has 6 heteroatoms. The summed E-state index contributed by atoms with van der Waals surface area (Å²) in [6.45, 7) is 0. The smallest absolute Gasteiger partial charge is 0.253 e. The Bertz CT molecular complexity index is 702. The van der Waals surface area contributed by atoms with Gasteiger partial charge < -0.3 is 11.1 Å². The van der Waals surface area contributed by atoms with Crippen LogP contribution in [0.3, 0.4) is 0 Å². The van der Waals surface area contributed by atoms with Crippen molar-refractivity contribution in [1.29, 1.82) is 0 Å². The Morgan fingerprint density at radius 1 is 1.26 bits per heavy atom. The fourth-order valence-corrected chi connectivity index (χ4v) is 3.36. The van der Waals surface area contributed by atoms with Crippen molar-refractivity contribution in [2.45, 2.75) is 24.9 Å². The zero-order valence-electron chi connectivity index (χ0n) is 12.4. The van der Waals surface area contributed by atoms with Gasteiger partial charge in [0.2, 0.25) is 0 Å². The highest BCUT2D eigenvalue weighted by molar-refractivity contribution is 6.36. The lowest BCUT2D eigenvalue weighted by molar-refractivity contribution is 0.0888. The molecule has 0 bridgehead atoms. The first-order valence-electron chi connectivity index (χ1n) is 7.47. The third-order valence-corrected chi connectivity index (χ3v) is 4.70. The van der Waals surface area contributed by atoms with E-state index in [-0.39, 0.29) is 23.9 Å². The Balaban J connectivity index is 1.82. The van der Waals surface area contributed by atoms with E-state index >= 15 is 0 Å². The Hall–Kier alpha value is -1.62. The summed E-state index contributed by atoms with van der Waals surface area (Å²) in [6, 6.07) is 10.5. The molecule has 1 atom stereocenters. The number of nitrogens with two attached hydrogens (primary N) is 1. The number of aromatic nitrogens is 1. The van der Waals surface area contributed by atoms with Crippen LogP contribution in [0.4, 0.5) is 0 Å². The van der Waals surface area contributed by atoms with Crippen LogP contribution in [0.2, 0.25) is 10.0 Å². The molecule has 0 aliphatic heterocycles. The van der Waals surface area contributed by atoms with Crippen LogP contribution in [-0.4, -0.2) is 16.9 Å². The van der Waals surface area contributed by atoms with E-state index in [9.17, 15) is 4.79 Å². The van der Waals surface area contributed by atoms with Crippen LogP contribution < -0.4 is 11.1 Å². The number of carbonyl (C=O) groups excluding carboxylic acids is 1. The molecule has 1 heterocycles. The standard InChI is InChI=1S/C17H17Cl2N3O/c18-11-4-5-13(14(19)9-11)17(23)22-16(10-7-12(20)8-10)15-3-1-2-6-21-15/h1-6,9-10,12,16H,7-8,20H2,(H,22,23). The van der Waals surface area contributed by atoms with Crippen LogP contribution in [0, 0.1) is 5.92 Å². The number of rotatable bonds is 4. The normalized spacial score (nSPS) is 21.3. The van der Waals surface area contributed by atoms with Crippen molar-refractivity contribution in [3.8, 4) is 0 Å². The predicted octanol–water partition coefficient (Wildman–Crippen LogP) is 3.60. The average Bonchev–Trinajstić information content (AvgIpc) is 2.50. The summed E-state index contributed by atoms with van der Waals surface area (Å²) in [6.07, 6.45) is 3.47. The first kappa shape index (κ1) is 16.2. The fraction of sp³-hybridized carbons (Fsp3) is 0.294. The van der Waals surface area contributed by atoms with E-state index in [1.165, 1.54) is 0 Å². The predicted molar refractivity (Wildman–Crippen MR) is 91.6 cm³/mol. The van der Waals surface area contributed by atoms with Gasteiger partial charge in [0.25, 0.3) is 5.91 Å². The van der Waals surface area contributed by atoms with Gasteiger partial charge in [0.05, 0.1) is 22.3 Å². The van der Waals surface area contributed by atoms with Crippen LogP contribution in [0.5, 0.6) is 0 Å². The summed E-state index contributed by atoms with van der Waals surface area (Å²) in [5.41, 5.74) is 7.14. The molecule has 1 aliphatic rings. The summed E-state index contributed by atoms with van der Waals surface area (Å²) in [7, 11) is 0. The molecule has 1 aromatic carbocycles. The largest absolute Gasteiger partial charge is 0.343 e. The fourth-order valence-electron chi connectivity index (χ4n) is 2.87. The Labute approximate surface area is 145 Å². The maximum absolute atomic E-state index is 12.6. The van der Waals surface area contributed by atoms with Gasteiger partial charge >= 0.3 is 0 Å². The molecule has 3 rings (SSSR count). The van der Waals surface area contributed by atoms with Crippen molar-refractivity contribution in [3.63, 3.8) is 0 Å². The topological polar surface area (TPSA) is 68.0 Å². The number of halogens is 2. The van der Waals surface area contributed by atoms with Crippen molar-refractivity contribution in [1.82, 2.24) is 10.3 Å². The average molecular weight is 350 g/mol. The zero-order chi connectivity index (χ0) is 16.4. The Morgan fingerprint density at radius 2 is 2.04 bits per heavy atom. The molecule has 120 valence electrons. The Morgan fingerprint density at radius 3 is 2.65 bits per heavy atom. The van der Waals surface area contributed by atoms with Gasteiger partial charge in [-0.2, -0.15) is 0 Å². The molecular weight excluding hydrogens is 333 g/mol. The van der Waals surface area contributed by atoms with E-state index in [1.807, 2.05) is 18.2 Å². The van der Waals surface area contributed by atoms with E-state index in [2.05, 4.69) is 10.3 Å². The second-order valence-corrected chi connectivity index (χ2v) is 6.67. The minimum Gasteiger partial charge on any atom is -0.343 e. The van der Waals surface area contributed by atoms with Crippen LogP contribution in [0.1, 0.15) is 34.9 Å². The van der Waals surface area contributed by atoms with Gasteiger partial charge in [0, 0.05) is 17.3 Å². The molecule has 0 radical (unpaired) electrons. The zero-order valence-corrected chi connectivity index (χ0v) is 13.9. The first-order valence-corrected chi connectivity index (χ1v) is 8.22. The summed E-state index contributed by atoms with van der Waals surface area (Å²) < 4.78 is 0. The molecule has 1 amide bonds.